The summed E-state index contributed by atoms with van der Waals surface area (Å²) >= 11 is 12.6. The van der Waals surface area contributed by atoms with Gasteiger partial charge >= 0.3 is 0 Å². The maximum Gasteiger partial charge on any atom is 0.261 e. The highest BCUT2D eigenvalue weighted by molar-refractivity contribution is 6.39. The summed E-state index contributed by atoms with van der Waals surface area (Å²) < 4.78 is 0. The number of amides is 2. The van der Waals surface area contributed by atoms with Gasteiger partial charge in [0.1, 0.15) is 0 Å². The van der Waals surface area contributed by atoms with E-state index in [1.165, 1.54) is 6.92 Å². The minimum Gasteiger partial charge on any atom is -0.309 e. The molecule has 3 rings (SSSR count). The average Bonchev–Trinajstić information content (AvgIpc) is 2.65. The Morgan fingerprint density at radius 3 is 2.46 bits per heavy atom. The molecule has 1 unspecified atom stereocenters. The molecule has 0 saturated carbocycles. The standard InChI is InChI=1S/C21H21Cl2N3O2/c1-14(27)25-24-12-17-6-3-2-5-16(17)11-15-9-10-20(28)26(13-15)21-18(22)7-4-8-19(21)23/h2-8,15H,9-13H2,1H3/b25-24+. The van der Waals surface area contributed by atoms with Gasteiger partial charge in [-0.05, 0) is 42.0 Å². The summed E-state index contributed by atoms with van der Waals surface area (Å²) in [5.74, 6) is 0.00117. The van der Waals surface area contributed by atoms with Crippen molar-refractivity contribution >= 4 is 40.7 Å². The van der Waals surface area contributed by atoms with Gasteiger partial charge < -0.3 is 4.90 Å². The van der Waals surface area contributed by atoms with Crippen molar-refractivity contribution in [1.82, 2.24) is 0 Å². The van der Waals surface area contributed by atoms with Gasteiger partial charge in [-0.3, -0.25) is 9.59 Å². The number of anilines is 1. The van der Waals surface area contributed by atoms with Crippen LogP contribution in [0.3, 0.4) is 0 Å². The molecule has 2 aromatic rings. The molecule has 1 saturated heterocycles. The van der Waals surface area contributed by atoms with Gasteiger partial charge in [0.05, 0.1) is 22.3 Å². The molecule has 0 radical (unpaired) electrons. The lowest BCUT2D eigenvalue weighted by molar-refractivity contribution is -0.120. The average molecular weight is 418 g/mol. The fourth-order valence-electron chi connectivity index (χ4n) is 3.48. The maximum absolute atomic E-state index is 12.5. The van der Waals surface area contributed by atoms with E-state index in [1.54, 1.807) is 23.1 Å². The first-order chi connectivity index (χ1) is 13.5. The SMILES string of the molecule is CC(=O)/N=N/Cc1ccccc1CC1CCC(=O)N(c2c(Cl)cccc2Cl)C1. The van der Waals surface area contributed by atoms with Crippen LogP contribution in [0.1, 0.15) is 30.9 Å². The third-order valence-corrected chi connectivity index (χ3v) is 5.41. The Hall–Kier alpha value is -2.24. The Bertz CT molecular complexity index is 894. The molecule has 1 fully saturated rings. The summed E-state index contributed by atoms with van der Waals surface area (Å²) in [7, 11) is 0. The van der Waals surface area contributed by atoms with E-state index in [-0.39, 0.29) is 17.7 Å². The van der Waals surface area contributed by atoms with Gasteiger partial charge in [0, 0.05) is 19.9 Å². The lowest BCUT2D eigenvalue weighted by Crippen LogP contribution is -2.41. The second kappa shape index (κ2) is 9.30. The summed E-state index contributed by atoms with van der Waals surface area (Å²) in [5.41, 5.74) is 2.77. The van der Waals surface area contributed by atoms with Crippen LogP contribution in [0.15, 0.2) is 52.7 Å². The Morgan fingerprint density at radius 1 is 1.11 bits per heavy atom. The van der Waals surface area contributed by atoms with E-state index >= 15 is 0 Å². The van der Waals surface area contributed by atoms with E-state index in [0.717, 1.165) is 24.0 Å². The first kappa shape index (κ1) is 20.5. The van der Waals surface area contributed by atoms with Gasteiger partial charge in [-0.2, -0.15) is 5.11 Å². The van der Waals surface area contributed by atoms with Crippen LogP contribution in [-0.4, -0.2) is 18.4 Å². The van der Waals surface area contributed by atoms with Gasteiger partial charge in [0.15, 0.2) is 0 Å². The van der Waals surface area contributed by atoms with E-state index < -0.39 is 0 Å². The van der Waals surface area contributed by atoms with Crippen molar-refractivity contribution in [2.75, 3.05) is 11.4 Å². The van der Waals surface area contributed by atoms with Gasteiger partial charge in [-0.1, -0.05) is 53.5 Å². The van der Waals surface area contributed by atoms with Crippen LogP contribution in [0.5, 0.6) is 0 Å². The number of hydrogen-bond acceptors (Lipinski definition) is 3. The maximum atomic E-state index is 12.5. The molecule has 0 aromatic heterocycles. The summed E-state index contributed by atoms with van der Waals surface area (Å²) in [4.78, 5) is 25.2. The molecule has 1 aliphatic rings. The number of hydrogen-bond donors (Lipinski definition) is 0. The summed E-state index contributed by atoms with van der Waals surface area (Å²) in [5, 5.41) is 8.52. The van der Waals surface area contributed by atoms with Crippen molar-refractivity contribution in [3.05, 3.63) is 63.6 Å². The molecule has 5 nitrogen and oxygen atoms in total. The second-order valence-corrected chi connectivity index (χ2v) is 7.69. The Labute approximate surface area is 174 Å². The fraction of sp³-hybridized carbons (Fsp3) is 0.333. The lowest BCUT2D eigenvalue weighted by atomic mass is 9.89. The van der Waals surface area contributed by atoms with Crippen molar-refractivity contribution in [1.29, 1.82) is 0 Å². The van der Waals surface area contributed by atoms with E-state index in [9.17, 15) is 9.59 Å². The van der Waals surface area contributed by atoms with Crippen LogP contribution in [0.2, 0.25) is 10.0 Å². The topological polar surface area (TPSA) is 62.1 Å². The van der Waals surface area contributed by atoms with Crippen LogP contribution in [0, 0.1) is 5.92 Å². The molecule has 1 atom stereocenters. The van der Waals surface area contributed by atoms with Gasteiger partial charge in [0.2, 0.25) is 5.91 Å². The van der Waals surface area contributed by atoms with E-state index in [2.05, 4.69) is 16.3 Å². The quantitative estimate of drug-likeness (QED) is 0.604. The minimum atomic E-state index is -0.310. The van der Waals surface area contributed by atoms with E-state index in [4.69, 9.17) is 23.2 Å². The molecule has 2 aromatic carbocycles. The number of rotatable bonds is 5. The summed E-state index contributed by atoms with van der Waals surface area (Å²) in [6, 6.07) is 13.2. The molecule has 0 aliphatic carbocycles. The zero-order valence-electron chi connectivity index (χ0n) is 15.6. The number of para-hydroxylation sites is 1. The zero-order chi connectivity index (χ0) is 20.1. The van der Waals surface area contributed by atoms with Crippen LogP contribution >= 0.6 is 23.2 Å². The van der Waals surface area contributed by atoms with Crippen molar-refractivity contribution in [2.45, 2.75) is 32.7 Å². The van der Waals surface area contributed by atoms with Crippen LogP contribution in [0.4, 0.5) is 5.69 Å². The third kappa shape index (κ3) is 4.97. The number of carbonyl (C=O) groups is 2. The predicted molar refractivity (Wildman–Crippen MR) is 111 cm³/mol. The molecule has 0 bridgehead atoms. The highest BCUT2D eigenvalue weighted by Crippen LogP contribution is 2.37. The molecule has 0 spiro atoms. The Morgan fingerprint density at radius 2 is 1.79 bits per heavy atom. The lowest BCUT2D eigenvalue weighted by Gasteiger charge is -2.34. The van der Waals surface area contributed by atoms with Gasteiger partial charge in [-0.15, -0.1) is 5.11 Å². The van der Waals surface area contributed by atoms with Crippen molar-refractivity contribution in [3.8, 4) is 0 Å². The van der Waals surface area contributed by atoms with Crippen molar-refractivity contribution < 1.29 is 9.59 Å². The minimum absolute atomic E-state index is 0.0368. The Kier molecular flexibility index (Phi) is 6.81. The predicted octanol–water partition coefficient (Wildman–Crippen LogP) is 5.48. The number of carbonyl (C=O) groups excluding carboxylic acids is 2. The first-order valence-corrected chi connectivity index (χ1v) is 9.90. The highest BCUT2D eigenvalue weighted by atomic mass is 35.5. The molecular weight excluding hydrogens is 397 g/mol. The van der Waals surface area contributed by atoms with Crippen LogP contribution < -0.4 is 4.90 Å². The molecule has 1 heterocycles. The van der Waals surface area contributed by atoms with E-state index in [0.29, 0.717) is 35.2 Å². The van der Waals surface area contributed by atoms with Crippen molar-refractivity contribution in [2.24, 2.45) is 16.1 Å². The first-order valence-electron chi connectivity index (χ1n) is 9.15. The molecular formula is C21H21Cl2N3O2. The monoisotopic (exact) mass is 417 g/mol. The van der Waals surface area contributed by atoms with Crippen LogP contribution in [-0.2, 0) is 22.6 Å². The van der Waals surface area contributed by atoms with E-state index in [1.807, 2.05) is 18.2 Å². The molecule has 1 aliphatic heterocycles. The zero-order valence-corrected chi connectivity index (χ0v) is 17.1. The third-order valence-electron chi connectivity index (χ3n) is 4.80. The number of benzene rings is 2. The molecule has 7 heteroatoms. The Balaban J connectivity index is 1.77. The van der Waals surface area contributed by atoms with Crippen molar-refractivity contribution in [3.63, 3.8) is 0 Å². The molecule has 0 N–H and O–H groups in total. The molecule has 28 heavy (non-hydrogen) atoms. The highest BCUT2D eigenvalue weighted by Gasteiger charge is 2.29. The number of nitrogens with zero attached hydrogens (tertiary/aromatic N) is 3. The summed E-state index contributed by atoms with van der Waals surface area (Å²) in [6.45, 7) is 2.30. The number of azo groups is 1. The molecule has 146 valence electrons. The van der Waals surface area contributed by atoms with Gasteiger partial charge in [0.25, 0.3) is 5.91 Å². The normalized spacial score (nSPS) is 17.3. The fourth-order valence-corrected chi connectivity index (χ4v) is 4.08. The smallest absolute Gasteiger partial charge is 0.261 e. The number of halogens is 2. The van der Waals surface area contributed by atoms with Gasteiger partial charge in [-0.25, -0.2) is 0 Å². The largest absolute Gasteiger partial charge is 0.309 e. The summed E-state index contributed by atoms with van der Waals surface area (Å²) in [6.07, 6.45) is 2.07. The number of piperidine rings is 1. The van der Waals surface area contributed by atoms with Crippen LogP contribution in [0.25, 0.3) is 0 Å². The molecule has 2 amide bonds. The second-order valence-electron chi connectivity index (χ2n) is 6.87.